The molecule has 5 heteroatoms. The van der Waals surface area contributed by atoms with E-state index in [4.69, 9.17) is 6.42 Å². The van der Waals surface area contributed by atoms with E-state index in [1.807, 2.05) is 0 Å². The Morgan fingerprint density at radius 2 is 2.24 bits per heavy atom. The molecule has 0 bridgehead atoms. The number of nitrogens with zero attached hydrogens (tertiary/aromatic N) is 1. The van der Waals surface area contributed by atoms with Crippen LogP contribution < -0.4 is 5.32 Å². The van der Waals surface area contributed by atoms with E-state index in [0.717, 1.165) is 35.1 Å². The molecule has 1 N–H and O–H groups in total. The molecule has 90 valence electrons. The number of non-ortho nitro benzene ring substituents is 1. The van der Waals surface area contributed by atoms with E-state index in [1.165, 1.54) is 6.07 Å². The lowest BCUT2D eigenvalue weighted by Crippen LogP contribution is -2.03. The van der Waals surface area contributed by atoms with Gasteiger partial charge in [0.2, 0.25) is 0 Å². The SMILES string of the molecule is C#CCCCCNc1ccc([N+](=O)[O-])cc1I. The van der Waals surface area contributed by atoms with Gasteiger partial charge in [0.05, 0.1) is 4.92 Å². The summed E-state index contributed by atoms with van der Waals surface area (Å²) in [5, 5.41) is 13.8. The van der Waals surface area contributed by atoms with Crippen LogP contribution in [0.4, 0.5) is 11.4 Å². The summed E-state index contributed by atoms with van der Waals surface area (Å²) in [7, 11) is 0. The second kappa shape index (κ2) is 7.12. The second-order valence-corrected chi connectivity index (χ2v) is 4.67. The van der Waals surface area contributed by atoms with Gasteiger partial charge in [-0.3, -0.25) is 10.1 Å². The minimum absolute atomic E-state index is 0.118. The zero-order valence-corrected chi connectivity index (χ0v) is 11.4. The highest BCUT2D eigenvalue weighted by Gasteiger charge is 2.08. The number of rotatable bonds is 6. The Balaban J connectivity index is 2.50. The molecule has 0 saturated heterocycles. The maximum absolute atomic E-state index is 10.6. The molecule has 1 rings (SSSR count). The van der Waals surface area contributed by atoms with E-state index in [2.05, 4.69) is 33.8 Å². The summed E-state index contributed by atoms with van der Waals surface area (Å²) in [5.74, 6) is 2.59. The van der Waals surface area contributed by atoms with Crippen molar-refractivity contribution in [3.05, 3.63) is 31.9 Å². The van der Waals surface area contributed by atoms with Gasteiger partial charge in [0.15, 0.2) is 0 Å². The average molecular weight is 344 g/mol. The van der Waals surface area contributed by atoms with Gasteiger partial charge in [-0.05, 0) is 41.5 Å². The molecule has 0 radical (unpaired) electrons. The fourth-order valence-corrected chi connectivity index (χ4v) is 2.03. The van der Waals surface area contributed by atoms with E-state index in [1.54, 1.807) is 12.1 Å². The van der Waals surface area contributed by atoms with Crippen molar-refractivity contribution in [1.82, 2.24) is 0 Å². The lowest BCUT2D eigenvalue weighted by atomic mass is 10.2. The van der Waals surface area contributed by atoms with Crippen LogP contribution in [0.15, 0.2) is 18.2 Å². The van der Waals surface area contributed by atoms with Gasteiger partial charge in [0.1, 0.15) is 0 Å². The Morgan fingerprint density at radius 1 is 1.47 bits per heavy atom. The van der Waals surface area contributed by atoms with E-state index in [0.29, 0.717) is 0 Å². The lowest BCUT2D eigenvalue weighted by Gasteiger charge is -2.07. The predicted octanol–water partition coefficient (Wildman–Crippen LogP) is 3.41. The van der Waals surface area contributed by atoms with E-state index < -0.39 is 4.92 Å². The van der Waals surface area contributed by atoms with Crippen LogP contribution in [-0.2, 0) is 0 Å². The van der Waals surface area contributed by atoms with Crippen molar-refractivity contribution >= 4 is 34.0 Å². The largest absolute Gasteiger partial charge is 0.384 e. The van der Waals surface area contributed by atoms with Gasteiger partial charge in [-0.15, -0.1) is 12.3 Å². The summed E-state index contributed by atoms with van der Waals surface area (Å²) in [5.41, 5.74) is 1.05. The van der Waals surface area contributed by atoms with Gasteiger partial charge in [-0.1, -0.05) is 0 Å². The van der Waals surface area contributed by atoms with Gasteiger partial charge < -0.3 is 5.32 Å². The smallest absolute Gasteiger partial charge is 0.270 e. The van der Waals surface area contributed by atoms with E-state index >= 15 is 0 Å². The first-order valence-corrected chi connectivity index (χ1v) is 6.34. The molecule has 0 aliphatic heterocycles. The average Bonchev–Trinajstić information content (AvgIpc) is 2.30. The highest BCUT2D eigenvalue weighted by Crippen LogP contribution is 2.23. The first-order chi connectivity index (χ1) is 8.15. The molecule has 0 atom stereocenters. The molecule has 0 aliphatic carbocycles. The number of unbranched alkanes of at least 4 members (excludes halogenated alkanes) is 2. The first kappa shape index (κ1) is 13.8. The van der Waals surface area contributed by atoms with E-state index in [-0.39, 0.29) is 5.69 Å². The Morgan fingerprint density at radius 3 is 2.82 bits per heavy atom. The molecule has 0 fully saturated rings. The van der Waals surface area contributed by atoms with Crippen LogP contribution in [-0.4, -0.2) is 11.5 Å². The number of nitrogens with one attached hydrogen (secondary N) is 1. The Labute approximate surface area is 114 Å². The molecule has 0 spiro atoms. The molecular formula is C12H13IN2O2. The predicted molar refractivity (Wildman–Crippen MR) is 77.0 cm³/mol. The summed E-state index contributed by atoms with van der Waals surface area (Å²) in [6.45, 7) is 0.829. The quantitative estimate of drug-likeness (QED) is 0.283. The molecule has 17 heavy (non-hydrogen) atoms. The van der Waals surface area contributed by atoms with Crippen molar-refractivity contribution in [2.45, 2.75) is 19.3 Å². The highest BCUT2D eigenvalue weighted by molar-refractivity contribution is 14.1. The monoisotopic (exact) mass is 344 g/mol. The standard InChI is InChI=1S/C12H13IN2O2/c1-2-3-4-5-8-14-12-7-6-10(15(16)17)9-11(12)13/h1,6-7,9,14H,3-5,8H2. The van der Waals surface area contributed by atoms with Crippen LogP contribution in [0.5, 0.6) is 0 Å². The topological polar surface area (TPSA) is 55.2 Å². The van der Waals surface area contributed by atoms with Gasteiger partial charge in [-0.2, -0.15) is 0 Å². The summed E-state index contributed by atoms with van der Waals surface area (Å²) in [6, 6.07) is 4.80. The number of nitro benzene ring substituents is 1. The van der Waals surface area contributed by atoms with Gasteiger partial charge in [-0.25, -0.2) is 0 Å². The molecule has 0 aliphatic rings. The molecule has 4 nitrogen and oxygen atoms in total. The zero-order valence-electron chi connectivity index (χ0n) is 9.28. The maximum atomic E-state index is 10.6. The molecule has 0 unspecified atom stereocenters. The van der Waals surface area contributed by atoms with Crippen LogP contribution >= 0.6 is 22.6 Å². The zero-order chi connectivity index (χ0) is 12.7. The summed E-state index contributed by atoms with van der Waals surface area (Å²) in [6.07, 6.45) is 7.94. The van der Waals surface area contributed by atoms with Crippen molar-refractivity contribution in [2.75, 3.05) is 11.9 Å². The van der Waals surface area contributed by atoms with Crippen LogP contribution in [0, 0.1) is 26.0 Å². The van der Waals surface area contributed by atoms with Crippen molar-refractivity contribution in [2.24, 2.45) is 0 Å². The van der Waals surface area contributed by atoms with E-state index in [9.17, 15) is 10.1 Å². The van der Waals surface area contributed by atoms with Gasteiger partial charge in [0.25, 0.3) is 5.69 Å². The van der Waals surface area contributed by atoms with Crippen molar-refractivity contribution < 1.29 is 4.92 Å². The number of nitro groups is 1. The summed E-state index contributed by atoms with van der Waals surface area (Å²) >= 11 is 2.09. The van der Waals surface area contributed by atoms with Crippen molar-refractivity contribution in [3.8, 4) is 12.3 Å². The number of hydrogen-bond acceptors (Lipinski definition) is 3. The highest BCUT2D eigenvalue weighted by atomic mass is 127. The first-order valence-electron chi connectivity index (χ1n) is 5.26. The Bertz CT molecular complexity index is 441. The van der Waals surface area contributed by atoms with Crippen LogP contribution in [0.25, 0.3) is 0 Å². The summed E-state index contributed by atoms with van der Waals surface area (Å²) in [4.78, 5) is 10.2. The number of halogens is 1. The Hall–Kier alpha value is -1.29. The third-order valence-electron chi connectivity index (χ3n) is 2.23. The Kier molecular flexibility index (Phi) is 5.77. The number of anilines is 1. The van der Waals surface area contributed by atoms with Crippen molar-refractivity contribution in [1.29, 1.82) is 0 Å². The molecular weight excluding hydrogens is 331 g/mol. The number of hydrogen-bond donors (Lipinski definition) is 1. The molecule has 1 aromatic carbocycles. The van der Waals surface area contributed by atoms with Crippen molar-refractivity contribution in [3.63, 3.8) is 0 Å². The van der Waals surface area contributed by atoms with Crippen LogP contribution in [0.1, 0.15) is 19.3 Å². The molecule has 0 saturated carbocycles. The lowest BCUT2D eigenvalue weighted by molar-refractivity contribution is -0.384. The third kappa shape index (κ3) is 4.61. The fourth-order valence-electron chi connectivity index (χ4n) is 1.34. The summed E-state index contributed by atoms with van der Waals surface area (Å²) < 4.78 is 0.855. The second-order valence-electron chi connectivity index (χ2n) is 3.51. The fraction of sp³-hybridized carbons (Fsp3) is 0.333. The molecule has 0 aromatic heterocycles. The normalized spacial score (nSPS) is 9.65. The number of terminal acetylenes is 1. The number of benzene rings is 1. The third-order valence-corrected chi connectivity index (χ3v) is 3.12. The van der Waals surface area contributed by atoms with Crippen LogP contribution in [0.2, 0.25) is 0 Å². The molecule has 0 heterocycles. The maximum Gasteiger partial charge on any atom is 0.270 e. The van der Waals surface area contributed by atoms with Gasteiger partial charge >= 0.3 is 0 Å². The van der Waals surface area contributed by atoms with Crippen LogP contribution in [0.3, 0.4) is 0 Å². The minimum Gasteiger partial charge on any atom is -0.384 e. The molecule has 0 amide bonds. The molecule has 1 aromatic rings. The minimum atomic E-state index is -0.390. The van der Waals surface area contributed by atoms with Gasteiger partial charge in [0, 0.05) is 34.4 Å².